The number of carbonyl (C=O) groups is 1. The largest absolute Gasteiger partial charge is 0.479 e. The number of benzene rings is 1. The second kappa shape index (κ2) is 6.50. The van der Waals surface area contributed by atoms with Gasteiger partial charge in [-0.2, -0.15) is 18.2 Å². The third-order valence-corrected chi connectivity index (χ3v) is 3.28. The number of nitrogens with one attached hydrogen (secondary N) is 1. The molecule has 0 atom stereocenters. The van der Waals surface area contributed by atoms with Crippen molar-refractivity contribution in [1.29, 1.82) is 0 Å². The number of halogens is 3. The van der Waals surface area contributed by atoms with E-state index < -0.39 is 18.0 Å². The van der Waals surface area contributed by atoms with Crippen LogP contribution in [0, 0.1) is 0 Å². The van der Waals surface area contributed by atoms with Gasteiger partial charge in [0.1, 0.15) is 5.56 Å². The SMILES string of the molecule is COc1nn(C)cc1C(=O)Nc1cccc(-c2noc(C(F)(F)F)n2)c1. The molecule has 0 spiro atoms. The molecule has 2 aromatic heterocycles. The van der Waals surface area contributed by atoms with E-state index in [-0.39, 0.29) is 22.8 Å². The van der Waals surface area contributed by atoms with Crippen LogP contribution in [0.5, 0.6) is 5.88 Å². The van der Waals surface area contributed by atoms with Crippen molar-refractivity contribution >= 4 is 11.6 Å². The predicted molar refractivity (Wildman–Crippen MR) is 82.4 cm³/mol. The number of aromatic nitrogens is 4. The summed E-state index contributed by atoms with van der Waals surface area (Å²) >= 11 is 0. The molecule has 2 heterocycles. The van der Waals surface area contributed by atoms with E-state index >= 15 is 0 Å². The summed E-state index contributed by atoms with van der Waals surface area (Å²) in [6, 6.07) is 6.01. The fourth-order valence-corrected chi connectivity index (χ4v) is 2.16. The number of ether oxygens (including phenoxy) is 1. The summed E-state index contributed by atoms with van der Waals surface area (Å²) in [5, 5.41) is 9.90. The first kappa shape index (κ1) is 17.5. The molecule has 1 amide bonds. The molecule has 0 aliphatic heterocycles. The van der Waals surface area contributed by atoms with E-state index in [0.717, 1.165) is 0 Å². The summed E-state index contributed by atoms with van der Waals surface area (Å²) in [4.78, 5) is 15.7. The fraction of sp³-hybridized carbons (Fsp3) is 0.200. The van der Waals surface area contributed by atoms with Crippen molar-refractivity contribution in [3.8, 4) is 17.3 Å². The number of hydrogen-bond donors (Lipinski definition) is 1. The number of nitrogens with zero attached hydrogens (tertiary/aromatic N) is 4. The van der Waals surface area contributed by atoms with Crippen molar-refractivity contribution in [2.24, 2.45) is 7.05 Å². The molecular weight excluding hydrogens is 355 g/mol. The fourth-order valence-electron chi connectivity index (χ4n) is 2.16. The van der Waals surface area contributed by atoms with Crippen LogP contribution >= 0.6 is 0 Å². The van der Waals surface area contributed by atoms with Gasteiger partial charge in [-0.3, -0.25) is 9.48 Å². The van der Waals surface area contributed by atoms with Gasteiger partial charge in [0.05, 0.1) is 7.11 Å². The molecular formula is C15H12F3N5O3. The van der Waals surface area contributed by atoms with E-state index in [1.54, 1.807) is 13.1 Å². The average Bonchev–Trinajstić information content (AvgIpc) is 3.21. The van der Waals surface area contributed by atoms with Crippen LogP contribution in [0.2, 0.25) is 0 Å². The zero-order valence-corrected chi connectivity index (χ0v) is 13.5. The quantitative estimate of drug-likeness (QED) is 0.762. The molecule has 8 nitrogen and oxygen atoms in total. The third kappa shape index (κ3) is 3.50. The van der Waals surface area contributed by atoms with E-state index in [9.17, 15) is 18.0 Å². The monoisotopic (exact) mass is 367 g/mol. The van der Waals surface area contributed by atoms with Gasteiger partial charge in [0.25, 0.3) is 5.91 Å². The highest BCUT2D eigenvalue weighted by atomic mass is 19.4. The minimum atomic E-state index is -4.73. The van der Waals surface area contributed by atoms with E-state index in [0.29, 0.717) is 5.69 Å². The van der Waals surface area contributed by atoms with Gasteiger partial charge in [0.2, 0.25) is 11.7 Å². The molecule has 1 aromatic carbocycles. The van der Waals surface area contributed by atoms with E-state index in [1.807, 2.05) is 0 Å². The molecule has 136 valence electrons. The van der Waals surface area contributed by atoms with Crippen LogP contribution in [0.15, 0.2) is 35.0 Å². The number of carbonyl (C=O) groups excluding carboxylic acids is 1. The van der Waals surface area contributed by atoms with Crippen LogP contribution in [-0.4, -0.2) is 32.9 Å². The molecule has 3 rings (SSSR count). The van der Waals surface area contributed by atoms with Crippen LogP contribution in [-0.2, 0) is 13.2 Å². The van der Waals surface area contributed by atoms with Crippen molar-refractivity contribution in [3.05, 3.63) is 41.9 Å². The second-order valence-electron chi connectivity index (χ2n) is 5.18. The van der Waals surface area contributed by atoms with Crippen LogP contribution in [0.1, 0.15) is 16.2 Å². The molecule has 26 heavy (non-hydrogen) atoms. The molecule has 3 aromatic rings. The lowest BCUT2D eigenvalue weighted by Gasteiger charge is -2.05. The van der Waals surface area contributed by atoms with Crippen LogP contribution in [0.3, 0.4) is 0 Å². The lowest BCUT2D eigenvalue weighted by Crippen LogP contribution is -2.12. The van der Waals surface area contributed by atoms with Crippen LogP contribution in [0.4, 0.5) is 18.9 Å². The summed E-state index contributed by atoms with van der Waals surface area (Å²) in [5.74, 6) is -2.03. The highest BCUT2D eigenvalue weighted by molar-refractivity contribution is 6.05. The highest BCUT2D eigenvalue weighted by Gasteiger charge is 2.38. The molecule has 0 fully saturated rings. The zero-order chi connectivity index (χ0) is 18.9. The lowest BCUT2D eigenvalue weighted by molar-refractivity contribution is -0.159. The first-order valence-corrected chi connectivity index (χ1v) is 7.18. The number of alkyl halides is 3. The molecule has 11 heteroatoms. The number of amides is 1. The lowest BCUT2D eigenvalue weighted by atomic mass is 10.2. The maximum atomic E-state index is 12.6. The normalized spacial score (nSPS) is 11.4. The molecule has 0 bridgehead atoms. The number of rotatable bonds is 4. The highest BCUT2D eigenvalue weighted by Crippen LogP contribution is 2.30. The van der Waals surface area contributed by atoms with Gasteiger partial charge in [-0.05, 0) is 12.1 Å². The van der Waals surface area contributed by atoms with Gasteiger partial charge in [-0.1, -0.05) is 17.3 Å². The zero-order valence-electron chi connectivity index (χ0n) is 13.5. The molecule has 0 saturated heterocycles. The minimum Gasteiger partial charge on any atom is -0.479 e. The molecule has 0 unspecified atom stereocenters. The minimum absolute atomic E-state index is 0.147. The van der Waals surface area contributed by atoms with E-state index in [4.69, 9.17) is 4.74 Å². The van der Waals surface area contributed by atoms with Crippen molar-refractivity contribution in [2.45, 2.75) is 6.18 Å². The van der Waals surface area contributed by atoms with Gasteiger partial charge < -0.3 is 14.6 Å². The van der Waals surface area contributed by atoms with Crippen molar-refractivity contribution < 1.29 is 27.2 Å². The number of methoxy groups -OCH3 is 1. The maximum absolute atomic E-state index is 12.6. The summed E-state index contributed by atoms with van der Waals surface area (Å²) in [7, 11) is 3.02. The number of anilines is 1. The first-order chi connectivity index (χ1) is 12.3. The Balaban J connectivity index is 1.83. The summed E-state index contributed by atoms with van der Waals surface area (Å²) in [6.07, 6.45) is -3.25. The topological polar surface area (TPSA) is 95.1 Å². The summed E-state index contributed by atoms with van der Waals surface area (Å²) in [5.41, 5.74) is 0.788. The number of aryl methyl sites for hydroxylation is 1. The maximum Gasteiger partial charge on any atom is 0.471 e. The molecule has 0 aliphatic rings. The third-order valence-electron chi connectivity index (χ3n) is 3.28. The van der Waals surface area contributed by atoms with Crippen molar-refractivity contribution in [3.63, 3.8) is 0 Å². The Morgan fingerprint density at radius 3 is 2.77 bits per heavy atom. The Morgan fingerprint density at radius 1 is 1.35 bits per heavy atom. The molecule has 1 N–H and O–H groups in total. The summed E-state index contributed by atoms with van der Waals surface area (Å²) < 4.78 is 48.3. The Hall–Kier alpha value is -3.37. The Kier molecular flexibility index (Phi) is 4.36. The molecule has 0 aliphatic carbocycles. The molecule has 0 saturated carbocycles. The Morgan fingerprint density at radius 2 is 2.12 bits per heavy atom. The van der Waals surface area contributed by atoms with Gasteiger partial charge in [-0.15, -0.1) is 5.10 Å². The van der Waals surface area contributed by atoms with Crippen molar-refractivity contribution in [1.82, 2.24) is 19.9 Å². The van der Waals surface area contributed by atoms with Gasteiger partial charge >= 0.3 is 12.1 Å². The standard InChI is InChI=1S/C15H12F3N5O3/c1-23-7-10(13(21-23)25-2)12(24)19-9-5-3-4-8(6-9)11-20-14(26-22-11)15(16,17)18/h3-7H,1-2H3,(H,19,24). The molecule has 0 radical (unpaired) electrons. The first-order valence-electron chi connectivity index (χ1n) is 7.18. The van der Waals surface area contributed by atoms with Crippen molar-refractivity contribution in [2.75, 3.05) is 12.4 Å². The average molecular weight is 367 g/mol. The number of hydrogen-bond acceptors (Lipinski definition) is 6. The van der Waals surface area contributed by atoms with Crippen LogP contribution in [0.25, 0.3) is 11.4 Å². The Labute approximate surface area is 144 Å². The van der Waals surface area contributed by atoms with E-state index in [1.165, 1.54) is 36.2 Å². The smallest absolute Gasteiger partial charge is 0.471 e. The van der Waals surface area contributed by atoms with E-state index in [2.05, 4.69) is 25.1 Å². The second-order valence-corrected chi connectivity index (χ2v) is 5.18. The Bertz CT molecular complexity index is 948. The van der Waals surface area contributed by atoms with Gasteiger partial charge in [0.15, 0.2) is 0 Å². The predicted octanol–water partition coefficient (Wildman–Crippen LogP) is 2.75. The van der Waals surface area contributed by atoms with Gasteiger partial charge in [0, 0.05) is 24.5 Å². The van der Waals surface area contributed by atoms with Gasteiger partial charge in [-0.25, -0.2) is 0 Å². The summed E-state index contributed by atoms with van der Waals surface area (Å²) in [6.45, 7) is 0. The van der Waals surface area contributed by atoms with Crippen LogP contribution < -0.4 is 10.1 Å².